The van der Waals surface area contributed by atoms with Gasteiger partial charge in [0.05, 0.1) is 0 Å². The molecule has 0 saturated heterocycles. The number of benzene rings is 1. The van der Waals surface area contributed by atoms with E-state index in [0.29, 0.717) is 0 Å². The van der Waals surface area contributed by atoms with Gasteiger partial charge >= 0.3 is 0 Å². The van der Waals surface area contributed by atoms with Crippen molar-refractivity contribution in [2.75, 3.05) is 5.32 Å². The van der Waals surface area contributed by atoms with Gasteiger partial charge in [-0.05, 0) is 48.2 Å². The van der Waals surface area contributed by atoms with Gasteiger partial charge in [0.1, 0.15) is 0 Å². The molecule has 0 fully saturated rings. The van der Waals surface area contributed by atoms with Crippen LogP contribution >= 0.6 is 0 Å². The van der Waals surface area contributed by atoms with E-state index in [-0.39, 0.29) is 5.91 Å². The molecule has 1 N–H and O–H groups in total. The summed E-state index contributed by atoms with van der Waals surface area (Å²) in [6.45, 7) is 2.18. The van der Waals surface area contributed by atoms with Crippen molar-refractivity contribution in [3.8, 4) is 0 Å². The lowest BCUT2D eigenvalue weighted by Gasteiger charge is -2.04. The molecule has 0 bridgehead atoms. The third-order valence-electron chi connectivity index (χ3n) is 3.15. The summed E-state index contributed by atoms with van der Waals surface area (Å²) in [6.07, 6.45) is 10.2. The third kappa shape index (κ3) is 5.22. The van der Waals surface area contributed by atoms with Crippen molar-refractivity contribution in [2.45, 2.75) is 26.2 Å². The van der Waals surface area contributed by atoms with Gasteiger partial charge in [0.15, 0.2) is 0 Å². The van der Waals surface area contributed by atoms with Gasteiger partial charge in [0.2, 0.25) is 5.91 Å². The summed E-state index contributed by atoms with van der Waals surface area (Å²) in [7, 11) is 0. The number of aryl methyl sites for hydroxylation is 1. The van der Waals surface area contributed by atoms with Crippen LogP contribution in [0.1, 0.15) is 30.9 Å². The van der Waals surface area contributed by atoms with Crippen molar-refractivity contribution < 1.29 is 4.79 Å². The van der Waals surface area contributed by atoms with Gasteiger partial charge in [-0.2, -0.15) is 0 Å². The number of nitrogens with one attached hydrogen (secondary N) is 1. The Labute approximate surface area is 125 Å². The van der Waals surface area contributed by atoms with Crippen molar-refractivity contribution in [1.82, 2.24) is 4.98 Å². The van der Waals surface area contributed by atoms with Crippen LogP contribution in [0.5, 0.6) is 0 Å². The van der Waals surface area contributed by atoms with Crippen molar-refractivity contribution in [2.24, 2.45) is 0 Å². The quantitative estimate of drug-likeness (QED) is 0.810. The molecule has 0 aliphatic rings. The van der Waals surface area contributed by atoms with Crippen LogP contribution in [0.2, 0.25) is 0 Å². The molecule has 0 aliphatic heterocycles. The van der Waals surface area contributed by atoms with Gasteiger partial charge < -0.3 is 5.32 Å². The van der Waals surface area contributed by atoms with E-state index in [1.807, 2.05) is 24.3 Å². The van der Waals surface area contributed by atoms with Crippen molar-refractivity contribution in [3.05, 3.63) is 66.0 Å². The summed E-state index contributed by atoms with van der Waals surface area (Å²) < 4.78 is 0. The second-order valence-electron chi connectivity index (χ2n) is 4.91. The summed E-state index contributed by atoms with van der Waals surface area (Å²) >= 11 is 0. The molecule has 0 saturated carbocycles. The van der Waals surface area contributed by atoms with E-state index in [0.717, 1.165) is 17.7 Å². The molecule has 1 aromatic carbocycles. The van der Waals surface area contributed by atoms with Gasteiger partial charge in [-0.25, -0.2) is 0 Å². The number of hydrogen-bond acceptors (Lipinski definition) is 2. The number of anilines is 1. The van der Waals surface area contributed by atoms with E-state index in [4.69, 9.17) is 0 Å². The number of carbonyl (C=O) groups is 1. The van der Waals surface area contributed by atoms with Crippen LogP contribution in [-0.4, -0.2) is 10.9 Å². The van der Waals surface area contributed by atoms with E-state index in [2.05, 4.69) is 29.4 Å². The lowest BCUT2D eigenvalue weighted by molar-refractivity contribution is -0.111. The predicted molar refractivity (Wildman–Crippen MR) is 87.0 cm³/mol. The van der Waals surface area contributed by atoms with Crippen molar-refractivity contribution in [3.63, 3.8) is 0 Å². The third-order valence-corrected chi connectivity index (χ3v) is 3.15. The minimum Gasteiger partial charge on any atom is -0.323 e. The van der Waals surface area contributed by atoms with Gasteiger partial charge in [0.25, 0.3) is 0 Å². The maximum atomic E-state index is 11.8. The highest BCUT2D eigenvalue weighted by Gasteiger charge is 1.98. The molecule has 3 heteroatoms. The van der Waals surface area contributed by atoms with Gasteiger partial charge in [-0.15, -0.1) is 0 Å². The topological polar surface area (TPSA) is 42.0 Å². The number of rotatable bonds is 6. The highest BCUT2D eigenvalue weighted by atomic mass is 16.1. The molecule has 1 amide bonds. The minimum atomic E-state index is -0.139. The number of pyridine rings is 1. The van der Waals surface area contributed by atoms with E-state index < -0.39 is 0 Å². The molecule has 3 nitrogen and oxygen atoms in total. The van der Waals surface area contributed by atoms with Crippen LogP contribution in [0.3, 0.4) is 0 Å². The summed E-state index contributed by atoms with van der Waals surface area (Å²) in [5, 5.41) is 2.85. The van der Waals surface area contributed by atoms with Crippen LogP contribution < -0.4 is 5.32 Å². The Balaban J connectivity index is 1.89. The second-order valence-corrected chi connectivity index (χ2v) is 4.91. The Morgan fingerprint density at radius 1 is 1.24 bits per heavy atom. The van der Waals surface area contributed by atoms with Crippen molar-refractivity contribution >= 4 is 17.7 Å². The van der Waals surface area contributed by atoms with E-state index in [9.17, 15) is 4.79 Å². The van der Waals surface area contributed by atoms with Crippen LogP contribution in [0.15, 0.2) is 54.9 Å². The predicted octanol–water partition coefficient (Wildman–Crippen LogP) is 4.08. The second kappa shape index (κ2) is 8.00. The summed E-state index contributed by atoms with van der Waals surface area (Å²) in [5.41, 5.74) is 3.03. The molecular weight excluding hydrogens is 260 g/mol. The first kappa shape index (κ1) is 15.0. The first-order valence-corrected chi connectivity index (χ1v) is 7.26. The molecule has 1 heterocycles. The zero-order valence-corrected chi connectivity index (χ0v) is 12.3. The lowest BCUT2D eigenvalue weighted by atomic mass is 10.1. The molecule has 0 atom stereocenters. The zero-order valence-electron chi connectivity index (χ0n) is 12.3. The number of unbranched alkanes of at least 4 members (excludes halogenated alkanes) is 1. The Hall–Kier alpha value is -2.42. The van der Waals surface area contributed by atoms with E-state index in [1.165, 1.54) is 24.5 Å². The number of nitrogens with zero attached hydrogens (tertiary/aromatic N) is 1. The van der Waals surface area contributed by atoms with Crippen LogP contribution in [0, 0.1) is 0 Å². The molecule has 0 unspecified atom stereocenters. The van der Waals surface area contributed by atoms with Gasteiger partial charge in [0, 0.05) is 24.2 Å². The average Bonchev–Trinajstić information content (AvgIpc) is 2.53. The standard InChI is InChI=1S/C18H20N2O/c1-2-3-5-15-7-10-17(11-8-15)20-18(21)12-9-16-6-4-13-19-14-16/h4,6-14H,2-3,5H2,1H3,(H,20,21)/b12-9+. The molecule has 0 radical (unpaired) electrons. The number of aromatic nitrogens is 1. The molecule has 0 spiro atoms. The first-order chi connectivity index (χ1) is 10.3. The average molecular weight is 280 g/mol. The fourth-order valence-corrected chi connectivity index (χ4v) is 1.97. The van der Waals surface area contributed by atoms with Crippen LogP contribution in [0.4, 0.5) is 5.69 Å². The van der Waals surface area contributed by atoms with Crippen LogP contribution in [0.25, 0.3) is 6.08 Å². The monoisotopic (exact) mass is 280 g/mol. The molecule has 0 aliphatic carbocycles. The Morgan fingerprint density at radius 2 is 2.05 bits per heavy atom. The molecule has 1 aromatic heterocycles. The first-order valence-electron chi connectivity index (χ1n) is 7.26. The summed E-state index contributed by atoms with van der Waals surface area (Å²) in [5.74, 6) is -0.139. The maximum Gasteiger partial charge on any atom is 0.248 e. The molecule has 2 rings (SSSR count). The number of carbonyl (C=O) groups excluding carboxylic acids is 1. The number of hydrogen-bond donors (Lipinski definition) is 1. The number of amides is 1. The van der Waals surface area contributed by atoms with Gasteiger partial charge in [-0.3, -0.25) is 9.78 Å². The highest BCUT2D eigenvalue weighted by molar-refractivity contribution is 6.01. The summed E-state index contributed by atoms with van der Waals surface area (Å²) in [6, 6.07) is 11.8. The highest BCUT2D eigenvalue weighted by Crippen LogP contribution is 2.12. The Bertz CT molecular complexity index is 588. The molecular formula is C18H20N2O. The smallest absolute Gasteiger partial charge is 0.248 e. The Morgan fingerprint density at radius 3 is 2.71 bits per heavy atom. The van der Waals surface area contributed by atoms with Crippen LogP contribution in [-0.2, 0) is 11.2 Å². The maximum absolute atomic E-state index is 11.8. The van der Waals surface area contributed by atoms with Gasteiger partial charge in [-0.1, -0.05) is 31.5 Å². The lowest BCUT2D eigenvalue weighted by Crippen LogP contribution is -2.07. The summed E-state index contributed by atoms with van der Waals surface area (Å²) in [4.78, 5) is 15.8. The van der Waals surface area contributed by atoms with E-state index >= 15 is 0 Å². The molecule has 108 valence electrons. The minimum absolute atomic E-state index is 0.139. The molecule has 2 aromatic rings. The normalized spacial score (nSPS) is 10.7. The Kier molecular flexibility index (Phi) is 5.71. The van der Waals surface area contributed by atoms with E-state index in [1.54, 1.807) is 18.5 Å². The fourth-order valence-electron chi connectivity index (χ4n) is 1.97. The zero-order chi connectivity index (χ0) is 14.9. The fraction of sp³-hybridized carbons (Fsp3) is 0.222. The largest absolute Gasteiger partial charge is 0.323 e. The molecule has 21 heavy (non-hydrogen) atoms. The SMILES string of the molecule is CCCCc1ccc(NC(=O)/C=C/c2cccnc2)cc1. The van der Waals surface area contributed by atoms with Crippen molar-refractivity contribution in [1.29, 1.82) is 0 Å².